The van der Waals surface area contributed by atoms with Crippen molar-refractivity contribution in [2.45, 2.75) is 65.2 Å². The molecular weight excluding hydrogens is 372 g/mol. The Balaban J connectivity index is 2.34. The Hall–Kier alpha value is -2.19. The van der Waals surface area contributed by atoms with Gasteiger partial charge >= 0.3 is 0 Å². The fourth-order valence-electron chi connectivity index (χ4n) is 2.69. The number of aromatic amines is 2. The minimum absolute atomic E-state index is 0.0412. The van der Waals surface area contributed by atoms with Crippen molar-refractivity contribution < 1.29 is 4.43 Å². The normalized spacial score (nSPS) is 13.5. The van der Waals surface area contributed by atoms with Crippen LogP contribution in [0.4, 0.5) is 0 Å². The van der Waals surface area contributed by atoms with Crippen molar-refractivity contribution in [3.05, 3.63) is 49.1 Å². The molecule has 0 fully saturated rings. The van der Waals surface area contributed by atoms with E-state index < -0.39 is 19.4 Å². The monoisotopic (exact) mass is 404 g/mol. The molecule has 2 heterocycles. The van der Waals surface area contributed by atoms with Crippen molar-refractivity contribution >= 4 is 21.0 Å². The van der Waals surface area contributed by atoms with Crippen LogP contribution < -0.4 is 21.8 Å². The first-order valence-corrected chi connectivity index (χ1v) is 12.5. The molecule has 0 spiro atoms. The van der Waals surface area contributed by atoms with E-state index in [-0.39, 0.29) is 21.7 Å². The number of aromatic nitrogens is 4. The summed E-state index contributed by atoms with van der Waals surface area (Å²) >= 11 is 0. The lowest BCUT2D eigenvalue weighted by atomic mass is 10.1. The summed E-state index contributed by atoms with van der Waals surface area (Å²) in [6.45, 7) is 20.1. The fourth-order valence-corrected chi connectivity index (χ4v) is 3.73. The molecule has 2 aromatic heterocycles. The molecule has 0 saturated carbocycles. The Morgan fingerprint density at radius 1 is 1.25 bits per heavy atom. The zero-order valence-electron chi connectivity index (χ0n) is 18.0. The highest BCUT2D eigenvalue weighted by atomic mass is 28.4. The molecule has 0 aliphatic rings. The molecule has 0 atom stereocenters. The zero-order valence-corrected chi connectivity index (χ0v) is 19.0. The minimum atomic E-state index is -1.81. The van der Waals surface area contributed by atoms with Crippen LogP contribution in [0.1, 0.15) is 51.9 Å². The summed E-state index contributed by atoms with van der Waals surface area (Å²) in [6, 6.07) is 0. The lowest BCUT2D eigenvalue weighted by molar-refractivity contribution is 0.270. The predicted molar refractivity (Wildman–Crippen MR) is 115 cm³/mol. The van der Waals surface area contributed by atoms with E-state index in [1.54, 1.807) is 12.4 Å². The minimum Gasteiger partial charge on any atom is -0.415 e. The molecule has 0 aliphatic carbocycles. The summed E-state index contributed by atoms with van der Waals surface area (Å²) in [5.74, 6) is 0.194. The maximum absolute atomic E-state index is 12.1. The van der Waals surface area contributed by atoms with Crippen LogP contribution in [0.2, 0.25) is 18.1 Å². The SMILES string of the molecule is C=c1[nH]c(=O)c(=Cc2ncn(CCO[Si](C)(C)C(C)(C)C)c2C(C)C)[nH]c1=O. The molecule has 0 saturated heterocycles. The standard InChI is InChI=1S/C20H32N4O3Si/c1-13(2)17-15(11-16-19(26)22-14(3)18(25)23-16)21-12-24(17)9-10-27-28(7,8)20(4,5)6/h11-13H,3,9-10H2,1-2,4-8H3,(H,22,26)(H,23,25). The van der Waals surface area contributed by atoms with Crippen LogP contribution in [-0.2, 0) is 11.0 Å². The van der Waals surface area contributed by atoms with Gasteiger partial charge in [0.1, 0.15) is 5.35 Å². The van der Waals surface area contributed by atoms with Crippen LogP contribution in [-0.4, -0.2) is 34.4 Å². The summed E-state index contributed by atoms with van der Waals surface area (Å²) in [4.78, 5) is 33.4. The van der Waals surface area contributed by atoms with Crippen molar-refractivity contribution in [2.75, 3.05) is 6.61 Å². The number of hydrogen-bond acceptors (Lipinski definition) is 4. The van der Waals surface area contributed by atoms with Gasteiger partial charge in [-0.2, -0.15) is 0 Å². The second-order valence-corrected chi connectivity index (χ2v) is 13.7. The fraction of sp³-hybridized carbons (Fsp3) is 0.550. The van der Waals surface area contributed by atoms with Gasteiger partial charge in [0.25, 0.3) is 11.1 Å². The molecule has 2 N–H and O–H groups in total. The highest BCUT2D eigenvalue weighted by Crippen LogP contribution is 2.36. The molecule has 8 heteroatoms. The van der Waals surface area contributed by atoms with Gasteiger partial charge in [-0.3, -0.25) is 9.59 Å². The summed E-state index contributed by atoms with van der Waals surface area (Å²) in [5, 5.41) is 0.371. The van der Waals surface area contributed by atoms with Crippen LogP contribution in [0, 0.1) is 0 Å². The largest absolute Gasteiger partial charge is 0.415 e. The van der Waals surface area contributed by atoms with E-state index in [9.17, 15) is 9.59 Å². The number of nitrogens with zero attached hydrogens (tertiary/aromatic N) is 2. The van der Waals surface area contributed by atoms with Crippen LogP contribution in [0.3, 0.4) is 0 Å². The van der Waals surface area contributed by atoms with Crippen molar-refractivity contribution in [3.63, 3.8) is 0 Å². The number of H-pyrrole nitrogens is 2. The zero-order chi connectivity index (χ0) is 21.3. The van der Waals surface area contributed by atoms with E-state index in [0.29, 0.717) is 18.8 Å². The first kappa shape index (κ1) is 22.1. The maximum atomic E-state index is 12.1. The Labute approximate surface area is 166 Å². The second kappa shape index (κ2) is 8.04. The van der Waals surface area contributed by atoms with E-state index in [4.69, 9.17) is 4.43 Å². The summed E-state index contributed by atoms with van der Waals surface area (Å²) in [5.41, 5.74) is 0.854. The molecule has 0 bridgehead atoms. The Kier molecular flexibility index (Phi) is 6.35. The van der Waals surface area contributed by atoms with E-state index in [2.05, 4.69) is 73.8 Å². The van der Waals surface area contributed by atoms with Gasteiger partial charge in [-0.05, 0) is 30.1 Å². The topological polar surface area (TPSA) is 92.8 Å². The lowest BCUT2D eigenvalue weighted by Gasteiger charge is -2.36. The molecule has 0 unspecified atom stereocenters. The van der Waals surface area contributed by atoms with Gasteiger partial charge < -0.3 is 19.0 Å². The third-order valence-corrected chi connectivity index (χ3v) is 9.91. The number of nitrogens with one attached hydrogen (secondary N) is 2. The number of rotatable bonds is 6. The number of hydrogen-bond donors (Lipinski definition) is 2. The molecule has 28 heavy (non-hydrogen) atoms. The molecule has 2 rings (SSSR count). The van der Waals surface area contributed by atoms with E-state index in [1.807, 2.05) is 0 Å². The lowest BCUT2D eigenvalue weighted by Crippen LogP contribution is -2.46. The van der Waals surface area contributed by atoms with Gasteiger partial charge in [-0.25, -0.2) is 4.98 Å². The molecule has 0 radical (unpaired) electrons. The van der Waals surface area contributed by atoms with E-state index >= 15 is 0 Å². The maximum Gasteiger partial charge on any atom is 0.272 e. The van der Waals surface area contributed by atoms with Crippen molar-refractivity contribution in [2.24, 2.45) is 0 Å². The van der Waals surface area contributed by atoms with Gasteiger partial charge in [0.2, 0.25) is 0 Å². The third kappa shape index (κ3) is 4.80. The van der Waals surface area contributed by atoms with Gasteiger partial charge in [0.05, 0.1) is 24.0 Å². The molecule has 0 aromatic carbocycles. The third-order valence-electron chi connectivity index (χ3n) is 5.37. The summed E-state index contributed by atoms with van der Waals surface area (Å²) < 4.78 is 8.34. The average molecular weight is 405 g/mol. The Morgan fingerprint density at radius 3 is 2.46 bits per heavy atom. The van der Waals surface area contributed by atoms with Crippen LogP contribution in [0.5, 0.6) is 0 Å². The highest BCUT2D eigenvalue weighted by molar-refractivity contribution is 6.74. The first-order chi connectivity index (χ1) is 12.8. The van der Waals surface area contributed by atoms with Crippen molar-refractivity contribution in [1.29, 1.82) is 0 Å². The molecular formula is C20H32N4O3Si. The van der Waals surface area contributed by atoms with Gasteiger partial charge in [-0.1, -0.05) is 41.2 Å². The summed E-state index contributed by atoms with van der Waals surface area (Å²) in [6.07, 6.45) is 3.37. The van der Waals surface area contributed by atoms with E-state index in [1.165, 1.54) is 0 Å². The van der Waals surface area contributed by atoms with E-state index in [0.717, 1.165) is 5.69 Å². The van der Waals surface area contributed by atoms with Crippen LogP contribution in [0.15, 0.2) is 15.9 Å². The smallest absolute Gasteiger partial charge is 0.272 e. The predicted octanol–water partition coefficient (Wildman–Crippen LogP) is 1.64. The molecule has 154 valence electrons. The van der Waals surface area contributed by atoms with Crippen molar-refractivity contribution in [3.8, 4) is 0 Å². The highest BCUT2D eigenvalue weighted by Gasteiger charge is 2.36. The van der Waals surface area contributed by atoms with Crippen molar-refractivity contribution in [1.82, 2.24) is 19.5 Å². The van der Waals surface area contributed by atoms with Crippen LogP contribution >= 0.6 is 0 Å². The molecule has 0 amide bonds. The Morgan fingerprint density at radius 2 is 1.89 bits per heavy atom. The first-order valence-electron chi connectivity index (χ1n) is 9.56. The molecule has 0 aliphatic heterocycles. The Bertz CT molecular complexity index is 1050. The van der Waals surface area contributed by atoms with Gasteiger partial charge in [0.15, 0.2) is 8.32 Å². The molecule has 2 aromatic rings. The van der Waals surface area contributed by atoms with Crippen LogP contribution in [0.25, 0.3) is 12.7 Å². The number of imidazole rings is 1. The summed E-state index contributed by atoms with van der Waals surface area (Å²) in [7, 11) is -1.81. The average Bonchev–Trinajstić information content (AvgIpc) is 2.94. The molecule has 7 nitrogen and oxygen atoms in total. The second-order valence-electron chi connectivity index (χ2n) is 8.92. The van der Waals surface area contributed by atoms with Gasteiger partial charge in [0, 0.05) is 12.2 Å². The quantitative estimate of drug-likeness (QED) is 0.716. The van der Waals surface area contributed by atoms with Gasteiger partial charge in [-0.15, -0.1) is 0 Å².